The molecule has 3 N–H and O–H groups in total. The normalized spacial score (nSPS) is 15.5. The molecule has 0 bridgehead atoms. The van der Waals surface area contributed by atoms with Crippen LogP contribution in [0.3, 0.4) is 0 Å². The lowest BCUT2D eigenvalue weighted by atomic mass is 10.2. The number of aromatic nitrogens is 2. The average molecular weight is 460 g/mol. The Balaban J connectivity index is 1.77. The van der Waals surface area contributed by atoms with Crippen LogP contribution < -0.4 is 20.5 Å². The van der Waals surface area contributed by atoms with Gasteiger partial charge in [-0.2, -0.15) is 4.36 Å². The molecule has 0 radical (unpaired) electrons. The number of carbonyl (C=O) groups excluding carboxylic acids is 1. The van der Waals surface area contributed by atoms with Gasteiger partial charge in [0.15, 0.2) is 6.10 Å². The molecule has 1 aliphatic rings. The fraction of sp³-hybridized carbons (Fsp3) is 0.286. The van der Waals surface area contributed by atoms with E-state index in [2.05, 4.69) is 19.6 Å². The number of fused-ring (bicyclic) bond motifs is 1. The van der Waals surface area contributed by atoms with Crippen molar-refractivity contribution in [3.8, 4) is 11.5 Å². The van der Waals surface area contributed by atoms with Crippen LogP contribution in [0.15, 0.2) is 41.0 Å². The van der Waals surface area contributed by atoms with Gasteiger partial charge in [0.2, 0.25) is 0 Å². The van der Waals surface area contributed by atoms with E-state index in [0.29, 0.717) is 45.4 Å². The molecule has 2 aromatic carbocycles. The highest BCUT2D eigenvalue weighted by atomic mass is 32.2. The molecular formula is C21H22FN5O4S. The molecule has 0 aliphatic carbocycles. The molecule has 1 saturated heterocycles. The van der Waals surface area contributed by atoms with Crippen molar-refractivity contribution < 1.29 is 22.9 Å². The van der Waals surface area contributed by atoms with E-state index in [1.165, 1.54) is 32.5 Å². The lowest BCUT2D eigenvalue weighted by Crippen LogP contribution is -2.30. The molecule has 168 valence electrons. The first-order valence-electron chi connectivity index (χ1n) is 9.86. The minimum atomic E-state index is -2.20. The number of methoxy groups -OCH3 is 1. The van der Waals surface area contributed by atoms with Crippen LogP contribution in [-0.2, 0) is 14.5 Å². The Bertz CT molecular complexity index is 1310. The van der Waals surface area contributed by atoms with Gasteiger partial charge in [-0.25, -0.2) is 18.6 Å². The third kappa shape index (κ3) is 4.42. The Kier molecular flexibility index (Phi) is 5.83. The quantitative estimate of drug-likeness (QED) is 0.555. The van der Waals surface area contributed by atoms with E-state index in [0.717, 1.165) is 12.5 Å². The molecular weight excluding hydrogens is 437 g/mol. The maximum atomic E-state index is 13.8. The number of nitrogens with two attached hydrogens (primary N) is 1. The van der Waals surface area contributed by atoms with Crippen LogP contribution >= 0.6 is 0 Å². The Morgan fingerprint density at radius 2 is 2.03 bits per heavy atom. The molecule has 3 aromatic rings. The number of nitrogens with one attached hydrogen (secondary N) is 1. The van der Waals surface area contributed by atoms with Crippen molar-refractivity contribution in [1.82, 2.24) is 9.97 Å². The van der Waals surface area contributed by atoms with Crippen LogP contribution in [-0.4, -0.2) is 44.8 Å². The van der Waals surface area contributed by atoms with E-state index < -0.39 is 27.6 Å². The smallest absolute Gasteiger partial charge is 0.258 e. The van der Waals surface area contributed by atoms with Crippen LogP contribution in [0.4, 0.5) is 21.6 Å². The predicted molar refractivity (Wildman–Crippen MR) is 120 cm³/mol. The van der Waals surface area contributed by atoms with E-state index >= 15 is 0 Å². The zero-order chi connectivity index (χ0) is 22.9. The number of hydrogen-bond donors (Lipinski definition) is 2. The summed E-state index contributed by atoms with van der Waals surface area (Å²) in [6.07, 6.45) is 1.29. The number of hydrogen-bond acceptors (Lipinski definition) is 8. The summed E-state index contributed by atoms with van der Waals surface area (Å²) in [4.78, 5) is 20.0. The number of ether oxygens (including phenoxy) is 2. The number of primary amides is 1. The first-order chi connectivity index (χ1) is 15.3. The zero-order valence-electron chi connectivity index (χ0n) is 17.5. The van der Waals surface area contributed by atoms with E-state index in [1.807, 2.05) is 0 Å². The molecule has 9 nitrogen and oxygen atoms in total. The monoisotopic (exact) mass is 459 g/mol. The highest BCUT2D eigenvalue weighted by Gasteiger charge is 2.21. The predicted octanol–water partition coefficient (Wildman–Crippen LogP) is 3.28. The van der Waals surface area contributed by atoms with Crippen molar-refractivity contribution in [2.24, 2.45) is 10.1 Å². The Hall–Kier alpha value is -3.47. The van der Waals surface area contributed by atoms with E-state index in [-0.39, 0.29) is 5.75 Å². The topological polar surface area (TPSA) is 129 Å². The lowest BCUT2D eigenvalue weighted by Gasteiger charge is -2.19. The van der Waals surface area contributed by atoms with Gasteiger partial charge in [-0.3, -0.25) is 4.79 Å². The summed E-state index contributed by atoms with van der Waals surface area (Å²) < 4.78 is 41.8. The molecule has 1 aromatic heterocycles. The second kappa shape index (κ2) is 8.58. The Morgan fingerprint density at radius 1 is 1.25 bits per heavy atom. The number of rotatable bonds is 7. The van der Waals surface area contributed by atoms with Crippen molar-refractivity contribution in [2.45, 2.75) is 19.4 Å². The number of anilines is 2. The molecule has 1 aliphatic heterocycles. The summed E-state index contributed by atoms with van der Waals surface area (Å²) in [5.74, 6) is 0.841. The van der Waals surface area contributed by atoms with Crippen LogP contribution in [0.1, 0.15) is 13.3 Å². The molecule has 1 fully saturated rings. The molecule has 1 amide bonds. The molecule has 1 atom stereocenters. The molecule has 2 heterocycles. The third-order valence-corrected chi connectivity index (χ3v) is 7.40. The van der Waals surface area contributed by atoms with Crippen molar-refractivity contribution in [3.05, 3.63) is 42.5 Å². The summed E-state index contributed by atoms with van der Waals surface area (Å²) in [6, 6.07) is 7.25. The molecule has 0 spiro atoms. The Labute approximate surface area is 184 Å². The number of amides is 1. The zero-order valence-corrected chi connectivity index (χ0v) is 18.3. The summed E-state index contributed by atoms with van der Waals surface area (Å²) in [5, 5.41) is 3.64. The largest absolute Gasteiger partial charge is 0.496 e. The second-order valence-electron chi connectivity index (χ2n) is 7.32. The van der Waals surface area contributed by atoms with Crippen molar-refractivity contribution in [2.75, 3.05) is 23.9 Å². The third-order valence-electron chi connectivity index (χ3n) is 5.01. The van der Waals surface area contributed by atoms with E-state index in [9.17, 15) is 13.4 Å². The van der Waals surface area contributed by atoms with Crippen molar-refractivity contribution >= 4 is 43.7 Å². The summed E-state index contributed by atoms with van der Waals surface area (Å²) in [7, 11) is -0.703. The molecule has 4 rings (SSSR count). The van der Waals surface area contributed by atoms with Gasteiger partial charge in [0.1, 0.15) is 29.5 Å². The van der Waals surface area contributed by atoms with Crippen LogP contribution in [0.2, 0.25) is 0 Å². The molecule has 0 unspecified atom stereocenters. The fourth-order valence-corrected chi connectivity index (χ4v) is 4.65. The van der Waals surface area contributed by atoms with Gasteiger partial charge in [-0.15, -0.1) is 0 Å². The average Bonchev–Trinajstić information content (AvgIpc) is 2.73. The summed E-state index contributed by atoms with van der Waals surface area (Å²) >= 11 is 0. The SMILES string of the molecule is COc1cc(N=S2(=O)CCC2)cc2ncnc(Nc3ccc(F)cc3O[C@H](C)C(N)=O)c12. The van der Waals surface area contributed by atoms with E-state index in [4.69, 9.17) is 15.2 Å². The van der Waals surface area contributed by atoms with Crippen LogP contribution in [0.5, 0.6) is 11.5 Å². The highest BCUT2D eigenvalue weighted by Crippen LogP contribution is 2.38. The summed E-state index contributed by atoms with van der Waals surface area (Å²) in [6.45, 7) is 1.47. The molecule has 32 heavy (non-hydrogen) atoms. The number of carbonyl (C=O) groups is 1. The van der Waals surface area contributed by atoms with Gasteiger partial charge >= 0.3 is 0 Å². The van der Waals surface area contributed by atoms with Crippen LogP contribution in [0.25, 0.3) is 10.9 Å². The fourth-order valence-electron chi connectivity index (χ4n) is 3.20. The standard InChI is InChI=1S/C21H22FN5O4S/c1-12(20(23)28)31-17-8-13(22)4-5-15(17)26-21-19-16(24-11-25-21)9-14(10-18(19)30-2)27-32(29)6-3-7-32/h4-5,8-12H,3,6-7H2,1-2H3,(H2,23,28)(H,24,25,26)/t12-/m1/s1. The second-order valence-corrected chi connectivity index (χ2v) is 9.86. The van der Waals surface area contributed by atoms with Crippen LogP contribution in [0, 0.1) is 5.82 Å². The number of halogens is 1. The van der Waals surface area contributed by atoms with Gasteiger partial charge in [-0.1, -0.05) is 0 Å². The maximum absolute atomic E-state index is 13.8. The van der Waals surface area contributed by atoms with Gasteiger partial charge in [0.25, 0.3) is 5.91 Å². The highest BCUT2D eigenvalue weighted by molar-refractivity contribution is 7.95. The van der Waals surface area contributed by atoms with Gasteiger partial charge < -0.3 is 20.5 Å². The van der Waals surface area contributed by atoms with Gasteiger partial charge in [-0.05, 0) is 31.5 Å². The number of nitrogens with zero attached hydrogens (tertiary/aromatic N) is 3. The van der Waals surface area contributed by atoms with E-state index in [1.54, 1.807) is 12.1 Å². The first-order valence-corrected chi connectivity index (χ1v) is 11.7. The van der Waals surface area contributed by atoms with Gasteiger partial charge in [0.05, 0.1) is 39.1 Å². The molecule has 0 saturated carbocycles. The van der Waals surface area contributed by atoms with Crippen molar-refractivity contribution in [1.29, 1.82) is 0 Å². The Morgan fingerprint density at radius 3 is 2.69 bits per heavy atom. The maximum Gasteiger partial charge on any atom is 0.258 e. The van der Waals surface area contributed by atoms with Gasteiger partial charge in [0, 0.05) is 23.6 Å². The van der Waals surface area contributed by atoms with Crippen molar-refractivity contribution in [3.63, 3.8) is 0 Å². The minimum absolute atomic E-state index is 0.0931. The number of benzene rings is 2. The minimum Gasteiger partial charge on any atom is -0.496 e. The summed E-state index contributed by atoms with van der Waals surface area (Å²) in [5.41, 5.74) is 6.68. The first kappa shape index (κ1) is 21.8. The lowest BCUT2D eigenvalue weighted by molar-refractivity contribution is -0.123. The molecule has 11 heteroatoms.